The third-order valence-electron chi connectivity index (χ3n) is 3.33. The van der Waals surface area contributed by atoms with E-state index in [2.05, 4.69) is 5.32 Å². The van der Waals surface area contributed by atoms with Crippen LogP contribution < -0.4 is 14.8 Å². The molecule has 2 aromatic carbocycles. The molecule has 0 aliphatic heterocycles. The predicted molar refractivity (Wildman–Crippen MR) is 86.1 cm³/mol. The number of rotatable bonds is 6. The van der Waals surface area contributed by atoms with Gasteiger partial charge in [0.05, 0.1) is 12.7 Å². The number of para-hydroxylation sites is 2. The monoisotopic (exact) mass is 310 g/mol. The summed E-state index contributed by atoms with van der Waals surface area (Å²) < 4.78 is 10.8. The van der Waals surface area contributed by atoms with E-state index in [-0.39, 0.29) is 5.91 Å². The van der Waals surface area contributed by atoms with E-state index in [1.54, 1.807) is 38.3 Å². The normalized spacial score (nSPS) is 11.2. The Kier molecular flexibility index (Phi) is 5.59. The van der Waals surface area contributed by atoms with E-state index >= 15 is 0 Å². The molecule has 5 nitrogen and oxygen atoms in total. The molecule has 0 unspecified atom stereocenters. The fraction of sp³-hybridized carbons (Fsp3) is 0.222. The van der Waals surface area contributed by atoms with Gasteiger partial charge in [0.15, 0.2) is 6.10 Å². The number of nitriles is 1. The van der Waals surface area contributed by atoms with Crippen LogP contribution in [0, 0.1) is 11.3 Å². The Bertz CT molecular complexity index is 722. The number of methoxy groups -OCH3 is 1. The third kappa shape index (κ3) is 4.24. The first-order valence-corrected chi connectivity index (χ1v) is 7.21. The lowest BCUT2D eigenvalue weighted by Gasteiger charge is -2.16. The molecule has 0 bridgehead atoms. The van der Waals surface area contributed by atoms with Crippen LogP contribution in [0.25, 0.3) is 0 Å². The van der Waals surface area contributed by atoms with Crippen LogP contribution in [-0.4, -0.2) is 19.1 Å². The highest BCUT2D eigenvalue weighted by Gasteiger charge is 2.16. The first-order valence-electron chi connectivity index (χ1n) is 7.21. The molecule has 0 aliphatic carbocycles. The van der Waals surface area contributed by atoms with Crippen LogP contribution in [0.5, 0.6) is 11.5 Å². The van der Waals surface area contributed by atoms with Crippen molar-refractivity contribution < 1.29 is 14.3 Å². The van der Waals surface area contributed by atoms with E-state index in [9.17, 15) is 4.79 Å². The first kappa shape index (κ1) is 16.4. The summed E-state index contributed by atoms with van der Waals surface area (Å²) in [5.74, 6) is 0.856. The number of carbonyl (C=O) groups is 1. The molecule has 118 valence electrons. The Morgan fingerprint density at radius 3 is 2.52 bits per heavy atom. The Labute approximate surface area is 135 Å². The van der Waals surface area contributed by atoms with Gasteiger partial charge in [0.2, 0.25) is 0 Å². The first-order chi connectivity index (χ1) is 11.2. The van der Waals surface area contributed by atoms with Gasteiger partial charge in [0, 0.05) is 12.1 Å². The van der Waals surface area contributed by atoms with Crippen LogP contribution in [0.2, 0.25) is 0 Å². The molecule has 0 heterocycles. The van der Waals surface area contributed by atoms with Crippen molar-refractivity contribution >= 4 is 5.91 Å². The van der Waals surface area contributed by atoms with Gasteiger partial charge >= 0.3 is 0 Å². The maximum Gasteiger partial charge on any atom is 0.261 e. The summed E-state index contributed by atoms with van der Waals surface area (Å²) in [5, 5.41) is 11.8. The van der Waals surface area contributed by atoms with E-state index in [0.29, 0.717) is 17.9 Å². The standard InChI is InChI=1S/C18H18N2O3/c1-13(23-17-10-6-3-7-14(17)11-19)18(21)20-12-15-8-4-5-9-16(15)22-2/h3-10,13H,12H2,1-2H3,(H,20,21)/t13-/m0/s1. The number of hydrogen-bond donors (Lipinski definition) is 1. The van der Waals surface area contributed by atoms with Crippen molar-refractivity contribution in [1.82, 2.24) is 5.32 Å². The largest absolute Gasteiger partial charge is 0.496 e. The third-order valence-corrected chi connectivity index (χ3v) is 3.33. The fourth-order valence-corrected chi connectivity index (χ4v) is 2.08. The van der Waals surface area contributed by atoms with Crippen molar-refractivity contribution in [2.75, 3.05) is 7.11 Å². The van der Waals surface area contributed by atoms with Crippen molar-refractivity contribution in [3.8, 4) is 17.6 Å². The minimum Gasteiger partial charge on any atom is -0.496 e. The SMILES string of the molecule is COc1ccccc1CNC(=O)[C@H](C)Oc1ccccc1C#N. The van der Waals surface area contributed by atoms with Crippen molar-refractivity contribution in [1.29, 1.82) is 5.26 Å². The summed E-state index contributed by atoms with van der Waals surface area (Å²) in [5.41, 5.74) is 1.28. The molecule has 0 aromatic heterocycles. The second kappa shape index (κ2) is 7.85. The molecule has 0 spiro atoms. The van der Waals surface area contributed by atoms with Crippen molar-refractivity contribution in [2.45, 2.75) is 19.6 Å². The molecule has 0 radical (unpaired) electrons. The van der Waals surface area contributed by atoms with Gasteiger partial charge in [0.25, 0.3) is 5.91 Å². The van der Waals surface area contributed by atoms with Crippen LogP contribution in [0.4, 0.5) is 0 Å². The molecule has 1 N–H and O–H groups in total. The highest BCUT2D eigenvalue weighted by Crippen LogP contribution is 2.19. The highest BCUT2D eigenvalue weighted by molar-refractivity contribution is 5.80. The van der Waals surface area contributed by atoms with E-state index in [0.717, 1.165) is 11.3 Å². The van der Waals surface area contributed by atoms with Gasteiger partial charge in [-0.25, -0.2) is 0 Å². The van der Waals surface area contributed by atoms with Gasteiger partial charge in [-0.2, -0.15) is 5.26 Å². The van der Waals surface area contributed by atoms with E-state index in [1.807, 2.05) is 30.3 Å². The molecular formula is C18H18N2O3. The van der Waals surface area contributed by atoms with Crippen molar-refractivity contribution in [2.24, 2.45) is 0 Å². The molecular weight excluding hydrogens is 292 g/mol. The minimum atomic E-state index is -0.709. The summed E-state index contributed by atoms with van der Waals surface area (Å²) in [6.45, 7) is 1.99. The predicted octanol–water partition coefficient (Wildman–Crippen LogP) is 2.65. The summed E-state index contributed by atoms with van der Waals surface area (Å²) in [7, 11) is 1.59. The molecule has 2 rings (SSSR count). The summed E-state index contributed by atoms with van der Waals surface area (Å²) >= 11 is 0. The molecule has 0 saturated heterocycles. The lowest BCUT2D eigenvalue weighted by molar-refractivity contribution is -0.127. The van der Waals surface area contributed by atoms with Gasteiger partial charge in [0.1, 0.15) is 17.6 Å². The maximum atomic E-state index is 12.2. The van der Waals surface area contributed by atoms with Crippen LogP contribution in [-0.2, 0) is 11.3 Å². The van der Waals surface area contributed by atoms with Gasteiger partial charge < -0.3 is 14.8 Å². The number of ether oxygens (including phenoxy) is 2. The second-order valence-electron chi connectivity index (χ2n) is 4.90. The van der Waals surface area contributed by atoms with Crippen LogP contribution >= 0.6 is 0 Å². The molecule has 2 aromatic rings. The topological polar surface area (TPSA) is 71.3 Å². The average Bonchev–Trinajstić information content (AvgIpc) is 2.60. The molecule has 23 heavy (non-hydrogen) atoms. The lowest BCUT2D eigenvalue weighted by atomic mass is 10.2. The van der Waals surface area contributed by atoms with Gasteiger partial charge in [-0.05, 0) is 25.1 Å². The van der Waals surface area contributed by atoms with Crippen LogP contribution in [0.15, 0.2) is 48.5 Å². The highest BCUT2D eigenvalue weighted by atomic mass is 16.5. The summed E-state index contributed by atoms with van der Waals surface area (Å²) in [6.07, 6.45) is -0.709. The number of nitrogens with zero attached hydrogens (tertiary/aromatic N) is 1. The van der Waals surface area contributed by atoms with Gasteiger partial charge in [-0.1, -0.05) is 30.3 Å². The average molecular weight is 310 g/mol. The molecule has 1 amide bonds. The number of carbonyl (C=O) groups excluding carboxylic acids is 1. The van der Waals surface area contributed by atoms with Gasteiger partial charge in [-0.15, -0.1) is 0 Å². The zero-order chi connectivity index (χ0) is 16.7. The molecule has 0 fully saturated rings. The van der Waals surface area contributed by atoms with Crippen molar-refractivity contribution in [3.05, 3.63) is 59.7 Å². The Morgan fingerprint density at radius 1 is 1.17 bits per heavy atom. The Morgan fingerprint density at radius 2 is 1.83 bits per heavy atom. The molecule has 1 atom stereocenters. The van der Waals surface area contributed by atoms with Crippen LogP contribution in [0.1, 0.15) is 18.1 Å². The zero-order valence-electron chi connectivity index (χ0n) is 13.1. The number of benzene rings is 2. The minimum absolute atomic E-state index is 0.261. The van der Waals surface area contributed by atoms with Crippen LogP contribution in [0.3, 0.4) is 0 Å². The van der Waals surface area contributed by atoms with E-state index in [4.69, 9.17) is 14.7 Å². The zero-order valence-corrected chi connectivity index (χ0v) is 13.1. The number of amides is 1. The number of nitrogens with one attached hydrogen (secondary N) is 1. The lowest BCUT2D eigenvalue weighted by Crippen LogP contribution is -2.36. The maximum absolute atomic E-state index is 12.2. The van der Waals surface area contributed by atoms with E-state index < -0.39 is 6.10 Å². The molecule has 5 heteroatoms. The summed E-state index contributed by atoms with van der Waals surface area (Å²) in [4.78, 5) is 12.2. The second-order valence-corrected chi connectivity index (χ2v) is 4.90. The number of hydrogen-bond acceptors (Lipinski definition) is 4. The van der Waals surface area contributed by atoms with Gasteiger partial charge in [-0.3, -0.25) is 4.79 Å². The Balaban J connectivity index is 1.97. The molecule has 0 saturated carbocycles. The fourth-order valence-electron chi connectivity index (χ4n) is 2.08. The quantitative estimate of drug-likeness (QED) is 0.890. The molecule has 0 aliphatic rings. The summed E-state index contributed by atoms with van der Waals surface area (Å²) in [6, 6.07) is 16.3. The van der Waals surface area contributed by atoms with Crippen molar-refractivity contribution in [3.63, 3.8) is 0 Å². The smallest absolute Gasteiger partial charge is 0.261 e. The van der Waals surface area contributed by atoms with E-state index in [1.165, 1.54) is 0 Å². The Hall–Kier alpha value is -3.00.